The second-order valence-corrected chi connectivity index (χ2v) is 6.54. The third-order valence-corrected chi connectivity index (χ3v) is 4.43. The molecule has 3 rings (SSSR count). The molecule has 0 spiro atoms. The minimum atomic E-state index is -0.522. The molecular formula is C20H23N3O3. The number of nitrogens with zero attached hydrogens (tertiary/aromatic N) is 1. The third-order valence-electron chi connectivity index (χ3n) is 4.43. The van der Waals surface area contributed by atoms with Crippen LogP contribution in [0.25, 0.3) is 0 Å². The average Bonchev–Trinajstić information content (AvgIpc) is 2.96. The van der Waals surface area contributed by atoms with Crippen LogP contribution in [0.15, 0.2) is 48.5 Å². The lowest BCUT2D eigenvalue weighted by Crippen LogP contribution is -2.44. The van der Waals surface area contributed by atoms with Gasteiger partial charge in [0, 0.05) is 17.4 Å². The number of ether oxygens (including phenoxy) is 1. The van der Waals surface area contributed by atoms with Crippen molar-refractivity contribution in [1.29, 1.82) is 0 Å². The Morgan fingerprint density at radius 1 is 1.23 bits per heavy atom. The first-order chi connectivity index (χ1) is 12.5. The molecule has 0 saturated heterocycles. The fraction of sp³-hybridized carbons (Fsp3) is 0.300. The standard InChI is InChI=1S/C20H23N3O3/c1-13-11-15-5-3-4-6-18(15)23(13)20(25)14(2)22-16-7-9-17(10-8-16)26-12-19(21)24/h3-10,13-14,22H,11-12H2,1-2H3,(H2,21,24). The second kappa shape index (κ2) is 7.47. The Morgan fingerprint density at radius 2 is 1.92 bits per heavy atom. The van der Waals surface area contributed by atoms with Crippen LogP contribution < -0.4 is 20.7 Å². The van der Waals surface area contributed by atoms with E-state index in [9.17, 15) is 9.59 Å². The lowest BCUT2D eigenvalue weighted by Gasteiger charge is -2.27. The number of primary amides is 1. The van der Waals surface area contributed by atoms with Gasteiger partial charge in [0.1, 0.15) is 11.8 Å². The van der Waals surface area contributed by atoms with Crippen molar-refractivity contribution in [3.8, 4) is 5.75 Å². The van der Waals surface area contributed by atoms with Gasteiger partial charge in [0.15, 0.2) is 6.61 Å². The van der Waals surface area contributed by atoms with Crippen LogP contribution in [0.4, 0.5) is 11.4 Å². The number of anilines is 2. The lowest BCUT2D eigenvalue weighted by molar-refractivity contribution is -0.120. The highest BCUT2D eigenvalue weighted by molar-refractivity contribution is 6.00. The van der Waals surface area contributed by atoms with Crippen molar-refractivity contribution in [3.63, 3.8) is 0 Å². The maximum Gasteiger partial charge on any atom is 0.255 e. The third kappa shape index (κ3) is 3.79. The van der Waals surface area contributed by atoms with Crippen molar-refractivity contribution in [2.24, 2.45) is 5.73 Å². The number of nitrogens with one attached hydrogen (secondary N) is 1. The van der Waals surface area contributed by atoms with Gasteiger partial charge >= 0.3 is 0 Å². The number of amides is 2. The van der Waals surface area contributed by atoms with E-state index in [1.165, 1.54) is 5.56 Å². The van der Waals surface area contributed by atoms with Gasteiger partial charge in [-0.15, -0.1) is 0 Å². The van der Waals surface area contributed by atoms with Gasteiger partial charge in [0.05, 0.1) is 0 Å². The highest BCUT2D eigenvalue weighted by Crippen LogP contribution is 2.32. The van der Waals surface area contributed by atoms with Crippen LogP contribution >= 0.6 is 0 Å². The maximum atomic E-state index is 13.0. The van der Waals surface area contributed by atoms with Crippen LogP contribution in [0.1, 0.15) is 19.4 Å². The molecule has 3 N–H and O–H groups in total. The monoisotopic (exact) mass is 353 g/mol. The molecule has 1 aliphatic rings. The van der Waals surface area contributed by atoms with Gasteiger partial charge in [-0.1, -0.05) is 18.2 Å². The minimum Gasteiger partial charge on any atom is -0.484 e. The molecule has 6 nitrogen and oxygen atoms in total. The fourth-order valence-corrected chi connectivity index (χ4v) is 3.22. The first kappa shape index (κ1) is 17.8. The van der Waals surface area contributed by atoms with Gasteiger partial charge in [0.25, 0.3) is 5.91 Å². The molecule has 2 aromatic carbocycles. The molecular weight excluding hydrogens is 330 g/mol. The molecule has 6 heteroatoms. The van der Waals surface area contributed by atoms with E-state index in [1.54, 1.807) is 12.1 Å². The largest absolute Gasteiger partial charge is 0.484 e. The number of hydrogen-bond donors (Lipinski definition) is 2. The highest BCUT2D eigenvalue weighted by Gasteiger charge is 2.32. The van der Waals surface area contributed by atoms with Crippen molar-refractivity contribution >= 4 is 23.2 Å². The molecule has 0 saturated carbocycles. The number of para-hydroxylation sites is 1. The number of carbonyl (C=O) groups is 2. The Kier molecular flexibility index (Phi) is 5.11. The number of hydrogen-bond acceptors (Lipinski definition) is 4. The second-order valence-electron chi connectivity index (χ2n) is 6.54. The van der Waals surface area contributed by atoms with Gasteiger partial charge < -0.3 is 20.7 Å². The molecule has 1 aliphatic heterocycles. The molecule has 1 heterocycles. The topological polar surface area (TPSA) is 84.7 Å². The Labute approximate surface area is 152 Å². The van der Waals surface area contributed by atoms with E-state index in [2.05, 4.69) is 18.3 Å². The summed E-state index contributed by atoms with van der Waals surface area (Å²) in [6.45, 7) is 3.76. The van der Waals surface area contributed by atoms with Crippen molar-refractivity contribution in [2.75, 3.05) is 16.8 Å². The molecule has 0 radical (unpaired) electrons. The zero-order valence-corrected chi connectivity index (χ0v) is 14.9. The summed E-state index contributed by atoms with van der Waals surface area (Å²) in [4.78, 5) is 25.6. The molecule has 0 aliphatic carbocycles. The van der Waals surface area contributed by atoms with Gasteiger partial charge in [-0.25, -0.2) is 0 Å². The summed E-state index contributed by atoms with van der Waals surface area (Å²) >= 11 is 0. The molecule has 0 aromatic heterocycles. The Balaban J connectivity index is 1.65. The number of fused-ring (bicyclic) bond motifs is 1. The van der Waals surface area contributed by atoms with E-state index in [-0.39, 0.29) is 24.6 Å². The smallest absolute Gasteiger partial charge is 0.255 e. The van der Waals surface area contributed by atoms with Crippen LogP contribution in [-0.4, -0.2) is 30.5 Å². The summed E-state index contributed by atoms with van der Waals surface area (Å²) in [5.74, 6) is 0.0679. The molecule has 2 unspecified atom stereocenters. The first-order valence-corrected chi connectivity index (χ1v) is 8.64. The number of carbonyl (C=O) groups excluding carboxylic acids is 2. The summed E-state index contributed by atoms with van der Waals surface area (Å²) in [6.07, 6.45) is 0.876. The molecule has 2 aromatic rings. The summed E-state index contributed by atoms with van der Waals surface area (Å²) in [5, 5.41) is 3.22. The average molecular weight is 353 g/mol. The van der Waals surface area contributed by atoms with Crippen LogP contribution in [0.2, 0.25) is 0 Å². The molecule has 2 amide bonds. The Morgan fingerprint density at radius 3 is 2.62 bits per heavy atom. The van der Waals surface area contributed by atoms with E-state index in [4.69, 9.17) is 10.5 Å². The summed E-state index contributed by atoms with van der Waals surface area (Å²) in [7, 11) is 0. The Hall–Kier alpha value is -3.02. The van der Waals surface area contributed by atoms with E-state index >= 15 is 0 Å². The van der Waals surface area contributed by atoms with Crippen molar-refractivity contribution in [1.82, 2.24) is 0 Å². The van der Waals surface area contributed by atoms with E-state index in [0.717, 1.165) is 17.8 Å². The predicted octanol–water partition coefficient (Wildman–Crippen LogP) is 2.33. The van der Waals surface area contributed by atoms with Crippen molar-refractivity contribution < 1.29 is 14.3 Å². The summed E-state index contributed by atoms with van der Waals surface area (Å²) < 4.78 is 5.23. The van der Waals surface area contributed by atoms with E-state index < -0.39 is 5.91 Å². The van der Waals surface area contributed by atoms with Gasteiger partial charge in [0.2, 0.25) is 5.91 Å². The van der Waals surface area contributed by atoms with Crippen LogP contribution in [0, 0.1) is 0 Å². The quantitative estimate of drug-likeness (QED) is 0.835. The molecule has 0 bridgehead atoms. The SMILES string of the molecule is CC(Nc1ccc(OCC(N)=O)cc1)C(=O)N1c2ccccc2CC1C. The molecule has 136 valence electrons. The number of rotatable bonds is 6. The zero-order chi connectivity index (χ0) is 18.7. The fourth-order valence-electron chi connectivity index (χ4n) is 3.22. The highest BCUT2D eigenvalue weighted by atomic mass is 16.5. The van der Waals surface area contributed by atoms with Gasteiger partial charge in [-0.3, -0.25) is 9.59 Å². The van der Waals surface area contributed by atoms with Crippen molar-refractivity contribution in [3.05, 3.63) is 54.1 Å². The number of nitrogens with two attached hydrogens (primary N) is 1. The normalized spacial score (nSPS) is 16.7. The van der Waals surface area contributed by atoms with Crippen LogP contribution in [0.3, 0.4) is 0 Å². The van der Waals surface area contributed by atoms with Crippen LogP contribution in [0.5, 0.6) is 5.75 Å². The van der Waals surface area contributed by atoms with E-state index in [0.29, 0.717) is 5.75 Å². The predicted molar refractivity (Wildman–Crippen MR) is 101 cm³/mol. The van der Waals surface area contributed by atoms with Crippen LogP contribution in [-0.2, 0) is 16.0 Å². The molecule has 0 fully saturated rings. The Bertz CT molecular complexity index is 804. The molecule has 2 atom stereocenters. The lowest BCUT2D eigenvalue weighted by atomic mass is 10.1. The molecule has 26 heavy (non-hydrogen) atoms. The zero-order valence-electron chi connectivity index (χ0n) is 14.9. The van der Waals surface area contributed by atoms with Gasteiger partial charge in [-0.2, -0.15) is 0 Å². The number of benzene rings is 2. The first-order valence-electron chi connectivity index (χ1n) is 8.64. The van der Waals surface area contributed by atoms with Crippen molar-refractivity contribution in [2.45, 2.75) is 32.4 Å². The summed E-state index contributed by atoms with van der Waals surface area (Å²) in [6, 6.07) is 14.9. The minimum absolute atomic E-state index is 0.0384. The van der Waals surface area contributed by atoms with Gasteiger partial charge in [-0.05, 0) is 56.2 Å². The van der Waals surface area contributed by atoms with E-state index in [1.807, 2.05) is 42.2 Å². The maximum absolute atomic E-state index is 13.0. The summed E-state index contributed by atoms with van der Waals surface area (Å²) in [5.41, 5.74) is 8.06.